The van der Waals surface area contributed by atoms with Gasteiger partial charge in [-0.05, 0) is 49.6 Å². The number of hydrazone groups is 1. The minimum absolute atomic E-state index is 0.179. The molecule has 2 N–H and O–H groups in total. The van der Waals surface area contributed by atoms with Gasteiger partial charge in [0.15, 0.2) is 0 Å². The molecule has 0 unspecified atom stereocenters. The highest BCUT2D eigenvalue weighted by Gasteiger charge is 2.05. The third-order valence-electron chi connectivity index (χ3n) is 3.50. The molecule has 0 aromatic heterocycles. The van der Waals surface area contributed by atoms with E-state index < -0.39 is 0 Å². The molecule has 0 aliphatic rings. The van der Waals surface area contributed by atoms with Crippen LogP contribution < -0.4 is 10.7 Å². The van der Waals surface area contributed by atoms with E-state index in [1.54, 1.807) is 0 Å². The second-order valence-corrected chi connectivity index (χ2v) is 6.28. The number of halogens is 1. The van der Waals surface area contributed by atoms with Crippen molar-refractivity contribution in [3.05, 3.63) is 63.6 Å². The Morgan fingerprint density at radius 3 is 2.43 bits per heavy atom. The molecule has 1 amide bonds. The van der Waals surface area contributed by atoms with E-state index in [-0.39, 0.29) is 12.5 Å². The smallest absolute Gasteiger partial charge is 0.259 e. The van der Waals surface area contributed by atoms with Gasteiger partial charge in [-0.3, -0.25) is 4.79 Å². The average Bonchev–Trinajstić information content (AvgIpc) is 2.52. The van der Waals surface area contributed by atoms with Crippen molar-refractivity contribution < 1.29 is 4.79 Å². The number of nitrogens with one attached hydrogen (secondary N) is 2. The zero-order valence-electron chi connectivity index (χ0n) is 13.5. The summed E-state index contributed by atoms with van der Waals surface area (Å²) in [5.41, 5.74) is 7.53. The molecule has 0 fully saturated rings. The summed E-state index contributed by atoms with van der Waals surface area (Å²) < 4.78 is 0.979. The van der Waals surface area contributed by atoms with Gasteiger partial charge in [-0.2, -0.15) is 5.10 Å². The van der Waals surface area contributed by atoms with Crippen molar-refractivity contribution in [3.8, 4) is 0 Å². The van der Waals surface area contributed by atoms with Crippen LogP contribution in [0.1, 0.15) is 23.6 Å². The fraction of sp³-hybridized carbons (Fsp3) is 0.222. The van der Waals surface area contributed by atoms with Crippen molar-refractivity contribution in [3.63, 3.8) is 0 Å². The Labute approximate surface area is 145 Å². The summed E-state index contributed by atoms with van der Waals surface area (Å²) in [6.07, 6.45) is 0. The van der Waals surface area contributed by atoms with Crippen LogP contribution in [0, 0.1) is 13.8 Å². The third-order valence-corrected chi connectivity index (χ3v) is 3.99. The number of hydrogen-bond acceptors (Lipinski definition) is 3. The van der Waals surface area contributed by atoms with Gasteiger partial charge in [0, 0.05) is 10.2 Å². The van der Waals surface area contributed by atoms with Crippen LogP contribution >= 0.6 is 15.9 Å². The number of carbonyl (C=O) groups excluding carboxylic acids is 1. The lowest BCUT2D eigenvalue weighted by Crippen LogP contribution is -2.27. The van der Waals surface area contributed by atoms with Gasteiger partial charge in [-0.15, -0.1) is 0 Å². The van der Waals surface area contributed by atoms with Gasteiger partial charge in [0.05, 0.1) is 12.3 Å². The van der Waals surface area contributed by atoms with Gasteiger partial charge in [0.25, 0.3) is 5.91 Å². The van der Waals surface area contributed by atoms with Crippen molar-refractivity contribution in [2.24, 2.45) is 5.10 Å². The van der Waals surface area contributed by atoms with Crippen LogP contribution in [-0.4, -0.2) is 18.2 Å². The number of amides is 1. The van der Waals surface area contributed by atoms with Crippen molar-refractivity contribution in [2.75, 3.05) is 11.9 Å². The van der Waals surface area contributed by atoms with Crippen molar-refractivity contribution in [2.45, 2.75) is 20.8 Å². The molecule has 5 heteroatoms. The summed E-state index contributed by atoms with van der Waals surface area (Å²) >= 11 is 3.42. The van der Waals surface area contributed by atoms with Gasteiger partial charge in [-0.25, -0.2) is 5.43 Å². The Hall–Kier alpha value is -2.14. The third kappa shape index (κ3) is 4.93. The van der Waals surface area contributed by atoms with E-state index in [1.165, 1.54) is 0 Å². The van der Waals surface area contributed by atoms with E-state index in [4.69, 9.17) is 0 Å². The lowest BCUT2D eigenvalue weighted by atomic mass is 10.1. The highest BCUT2D eigenvalue weighted by Crippen LogP contribution is 2.18. The highest BCUT2D eigenvalue weighted by molar-refractivity contribution is 9.10. The number of hydrogen-bond donors (Lipinski definition) is 2. The van der Waals surface area contributed by atoms with E-state index in [0.717, 1.165) is 32.6 Å². The minimum Gasteiger partial charge on any atom is -0.376 e. The molecule has 0 saturated heterocycles. The van der Waals surface area contributed by atoms with Gasteiger partial charge < -0.3 is 5.32 Å². The zero-order valence-corrected chi connectivity index (χ0v) is 15.1. The predicted octanol–water partition coefficient (Wildman–Crippen LogP) is 4.02. The predicted molar refractivity (Wildman–Crippen MR) is 98.9 cm³/mol. The van der Waals surface area contributed by atoms with Crippen LogP contribution in [0.25, 0.3) is 0 Å². The molecule has 4 nitrogen and oxygen atoms in total. The van der Waals surface area contributed by atoms with E-state index in [2.05, 4.69) is 31.8 Å². The number of para-hydroxylation sites is 1. The second kappa shape index (κ2) is 7.92. The maximum absolute atomic E-state index is 12.0. The van der Waals surface area contributed by atoms with Gasteiger partial charge >= 0.3 is 0 Å². The molecule has 0 aliphatic carbocycles. The van der Waals surface area contributed by atoms with Crippen molar-refractivity contribution in [1.82, 2.24) is 5.43 Å². The van der Waals surface area contributed by atoms with E-state index in [1.807, 2.05) is 63.2 Å². The first kappa shape index (κ1) is 17.2. The molecule has 0 bridgehead atoms. The molecular weight excluding hydrogens is 354 g/mol. The summed E-state index contributed by atoms with van der Waals surface area (Å²) in [5.74, 6) is -0.179. The normalized spacial score (nSPS) is 11.2. The molecule has 0 atom stereocenters. The minimum atomic E-state index is -0.179. The summed E-state index contributed by atoms with van der Waals surface area (Å²) in [5, 5.41) is 7.31. The van der Waals surface area contributed by atoms with Crippen LogP contribution in [0.2, 0.25) is 0 Å². The SMILES string of the molecule is CC(=NNC(=O)CNc1c(C)cccc1C)c1cccc(Br)c1. The Morgan fingerprint density at radius 2 is 1.78 bits per heavy atom. The molecular formula is C18H20BrN3O. The molecule has 0 spiro atoms. The number of carbonyl (C=O) groups is 1. The maximum atomic E-state index is 12.0. The van der Waals surface area contributed by atoms with Crippen LogP contribution in [0.15, 0.2) is 52.0 Å². The molecule has 2 aromatic carbocycles. The fourth-order valence-corrected chi connectivity index (χ4v) is 2.63. The zero-order chi connectivity index (χ0) is 16.8. The van der Waals surface area contributed by atoms with Gasteiger partial charge in [-0.1, -0.05) is 46.3 Å². The summed E-state index contributed by atoms with van der Waals surface area (Å²) in [4.78, 5) is 12.0. The van der Waals surface area contributed by atoms with Crippen molar-refractivity contribution >= 4 is 33.2 Å². The van der Waals surface area contributed by atoms with E-state index >= 15 is 0 Å². The number of anilines is 1. The first-order valence-electron chi connectivity index (χ1n) is 7.36. The van der Waals surface area contributed by atoms with Crippen LogP contribution in [0.5, 0.6) is 0 Å². The first-order chi connectivity index (χ1) is 11.0. The molecule has 0 saturated carbocycles. The van der Waals surface area contributed by atoms with Gasteiger partial charge in [0.2, 0.25) is 0 Å². The summed E-state index contributed by atoms with van der Waals surface area (Å²) in [7, 11) is 0. The van der Waals surface area contributed by atoms with Crippen LogP contribution in [-0.2, 0) is 4.79 Å². The topological polar surface area (TPSA) is 53.5 Å². The number of rotatable bonds is 5. The fourth-order valence-electron chi connectivity index (χ4n) is 2.23. The number of nitrogens with zero attached hydrogens (tertiary/aromatic N) is 1. The Kier molecular flexibility index (Phi) is 5.93. The Morgan fingerprint density at radius 1 is 1.13 bits per heavy atom. The maximum Gasteiger partial charge on any atom is 0.259 e. The monoisotopic (exact) mass is 373 g/mol. The first-order valence-corrected chi connectivity index (χ1v) is 8.16. The standard InChI is InChI=1S/C18H20BrN3O/c1-12-6-4-7-13(2)18(12)20-11-17(23)22-21-14(3)15-8-5-9-16(19)10-15/h4-10,20H,11H2,1-3H3,(H,22,23). The summed E-state index contributed by atoms with van der Waals surface area (Å²) in [6, 6.07) is 13.8. The number of aryl methyl sites for hydroxylation is 2. The highest BCUT2D eigenvalue weighted by atomic mass is 79.9. The average molecular weight is 374 g/mol. The number of benzene rings is 2. The molecule has 2 aromatic rings. The molecule has 23 heavy (non-hydrogen) atoms. The summed E-state index contributed by atoms with van der Waals surface area (Å²) in [6.45, 7) is 6.08. The second-order valence-electron chi connectivity index (χ2n) is 5.36. The largest absolute Gasteiger partial charge is 0.376 e. The quantitative estimate of drug-likeness (QED) is 0.614. The molecule has 0 radical (unpaired) electrons. The van der Waals surface area contributed by atoms with Gasteiger partial charge in [0.1, 0.15) is 0 Å². The van der Waals surface area contributed by atoms with Crippen molar-refractivity contribution in [1.29, 1.82) is 0 Å². The lowest BCUT2D eigenvalue weighted by Gasteiger charge is -2.11. The molecule has 120 valence electrons. The van der Waals surface area contributed by atoms with Crippen LogP contribution in [0.3, 0.4) is 0 Å². The van der Waals surface area contributed by atoms with Crippen LogP contribution in [0.4, 0.5) is 5.69 Å². The van der Waals surface area contributed by atoms with E-state index in [0.29, 0.717) is 0 Å². The Balaban J connectivity index is 1.94. The molecule has 0 aliphatic heterocycles. The molecule has 2 rings (SSSR count). The molecule has 0 heterocycles. The Bertz CT molecular complexity index is 721. The van der Waals surface area contributed by atoms with E-state index in [9.17, 15) is 4.79 Å². The lowest BCUT2D eigenvalue weighted by molar-refractivity contribution is -0.119.